The summed E-state index contributed by atoms with van der Waals surface area (Å²) in [5, 5.41) is 3.00. The predicted octanol–water partition coefficient (Wildman–Crippen LogP) is 3.42. The van der Waals surface area contributed by atoms with Crippen LogP contribution in [0.25, 0.3) is 11.0 Å². The molecule has 3 aromatic rings. The lowest BCUT2D eigenvalue weighted by Crippen LogP contribution is -2.18. The number of hydrogen-bond acceptors (Lipinski definition) is 3. The molecule has 0 saturated carbocycles. The molecule has 2 heterocycles. The van der Waals surface area contributed by atoms with E-state index in [1.54, 1.807) is 6.33 Å². The van der Waals surface area contributed by atoms with Crippen molar-refractivity contribution in [1.29, 1.82) is 0 Å². The molecule has 0 bridgehead atoms. The highest BCUT2D eigenvalue weighted by molar-refractivity contribution is 6.05. The molecule has 1 N–H and O–H groups in total. The number of nitrogens with one attached hydrogen (secondary N) is 1. The third-order valence-corrected chi connectivity index (χ3v) is 4.78. The number of nitrogens with zero attached hydrogens (tertiary/aromatic N) is 3. The second-order valence-electron chi connectivity index (χ2n) is 6.70. The highest BCUT2D eigenvalue weighted by Crippen LogP contribution is 2.18. The predicted molar refractivity (Wildman–Crippen MR) is 99.6 cm³/mol. The van der Waals surface area contributed by atoms with Crippen molar-refractivity contribution in [2.24, 2.45) is 7.05 Å². The molecule has 1 aromatic heterocycles. The van der Waals surface area contributed by atoms with Crippen LogP contribution in [-0.4, -0.2) is 33.4 Å². The van der Waals surface area contributed by atoms with E-state index in [4.69, 9.17) is 0 Å². The number of carbonyl (C=O) groups is 1. The van der Waals surface area contributed by atoms with Gasteiger partial charge in [0.05, 0.1) is 17.4 Å². The Kier molecular flexibility index (Phi) is 4.24. The zero-order chi connectivity index (χ0) is 17.2. The summed E-state index contributed by atoms with van der Waals surface area (Å²) in [4.78, 5) is 19.3. The molecule has 1 fully saturated rings. The molecule has 1 aliphatic heterocycles. The number of anilines is 1. The first kappa shape index (κ1) is 15.8. The standard InChI is InChI=1S/C20H22N4O/c1-23-14-21-18-12-16(7-8-19(18)23)20(25)22-17-6-4-5-15(11-17)13-24-9-2-3-10-24/h4-8,11-12,14H,2-3,9-10,13H2,1H3,(H,22,25). The second kappa shape index (κ2) is 6.69. The summed E-state index contributed by atoms with van der Waals surface area (Å²) < 4.78 is 1.94. The summed E-state index contributed by atoms with van der Waals surface area (Å²) in [6.45, 7) is 3.28. The molecule has 0 spiro atoms. The molecule has 4 rings (SSSR count). The average molecular weight is 334 g/mol. The van der Waals surface area contributed by atoms with Crippen LogP contribution >= 0.6 is 0 Å². The molecule has 2 aromatic carbocycles. The zero-order valence-corrected chi connectivity index (χ0v) is 14.4. The molecule has 1 aliphatic rings. The van der Waals surface area contributed by atoms with Crippen LogP contribution in [0.4, 0.5) is 5.69 Å². The maximum Gasteiger partial charge on any atom is 0.255 e. The number of hydrogen-bond donors (Lipinski definition) is 1. The molecular weight excluding hydrogens is 312 g/mol. The van der Waals surface area contributed by atoms with Crippen LogP contribution in [0.3, 0.4) is 0 Å². The fourth-order valence-electron chi connectivity index (χ4n) is 3.43. The van der Waals surface area contributed by atoms with Gasteiger partial charge in [0.1, 0.15) is 0 Å². The second-order valence-corrected chi connectivity index (χ2v) is 6.70. The van der Waals surface area contributed by atoms with Crippen molar-refractivity contribution in [2.45, 2.75) is 19.4 Å². The van der Waals surface area contributed by atoms with Crippen LogP contribution in [0.15, 0.2) is 48.8 Å². The molecule has 0 aliphatic carbocycles. The summed E-state index contributed by atoms with van der Waals surface area (Å²) in [5.74, 6) is -0.106. The lowest BCUT2D eigenvalue weighted by atomic mass is 10.1. The van der Waals surface area contributed by atoms with E-state index in [9.17, 15) is 4.79 Å². The van der Waals surface area contributed by atoms with Gasteiger partial charge in [-0.2, -0.15) is 0 Å². The third kappa shape index (κ3) is 3.42. The fourth-order valence-corrected chi connectivity index (χ4v) is 3.43. The highest BCUT2D eigenvalue weighted by Gasteiger charge is 2.13. The largest absolute Gasteiger partial charge is 0.334 e. The number of aromatic nitrogens is 2. The van der Waals surface area contributed by atoms with E-state index in [0.717, 1.165) is 23.3 Å². The van der Waals surface area contributed by atoms with Gasteiger partial charge in [-0.05, 0) is 61.8 Å². The van der Waals surface area contributed by atoms with Gasteiger partial charge < -0.3 is 9.88 Å². The molecule has 5 nitrogen and oxygen atoms in total. The molecule has 1 saturated heterocycles. The van der Waals surface area contributed by atoms with E-state index < -0.39 is 0 Å². The molecule has 1 amide bonds. The number of benzene rings is 2. The third-order valence-electron chi connectivity index (χ3n) is 4.78. The fraction of sp³-hybridized carbons (Fsp3) is 0.300. The van der Waals surface area contributed by atoms with Gasteiger partial charge in [0.2, 0.25) is 0 Å². The van der Waals surface area contributed by atoms with Crippen LogP contribution < -0.4 is 5.32 Å². The Morgan fingerprint density at radius 2 is 2.00 bits per heavy atom. The minimum Gasteiger partial charge on any atom is -0.334 e. The van der Waals surface area contributed by atoms with E-state index >= 15 is 0 Å². The van der Waals surface area contributed by atoms with Crippen LogP contribution in [0, 0.1) is 0 Å². The zero-order valence-electron chi connectivity index (χ0n) is 14.4. The monoisotopic (exact) mass is 334 g/mol. The topological polar surface area (TPSA) is 50.2 Å². The van der Waals surface area contributed by atoms with Gasteiger partial charge >= 0.3 is 0 Å². The van der Waals surface area contributed by atoms with Gasteiger partial charge in [0.15, 0.2) is 0 Å². The Hall–Kier alpha value is -2.66. The highest BCUT2D eigenvalue weighted by atomic mass is 16.1. The van der Waals surface area contributed by atoms with Crippen molar-refractivity contribution in [1.82, 2.24) is 14.5 Å². The van der Waals surface area contributed by atoms with Crippen LogP contribution in [0.1, 0.15) is 28.8 Å². The summed E-state index contributed by atoms with van der Waals surface area (Å²) in [7, 11) is 1.95. The Labute approximate surface area is 147 Å². The van der Waals surface area contributed by atoms with Gasteiger partial charge in [0.25, 0.3) is 5.91 Å². The van der Waals surface area contributed by atoms with E-state index in [0.29, 0.717) is 5.56 Å². The number of imidazole rings is 1. The van der Waals surface area contributed by atoms with Crippen molar-refractivity contribution in [3.63, 3.8) is 0 Å². The van der Waals surface area contributed by atoms with Crippen LogP contribution in [-0.2, 0) is 13.6 Å². The van der Waals surface area contributed by atoms with Crippen molar-refractivity contribution >= 4 is 22.6 Å². The SMILES string of the molecule is Cn1cnc2cc(C(=O)Nc3cccc(CN4CCCC4)c3)ccc21. The molecule has 0 radical (unpaired) electrons. The Morgan fingerprint density at radius 3 is 2.84 bits per heavy atom. The molecule has 0 atom stereocenters. The minimum atomic E-state index is -0.106. The maximum atomic E-state index is 12.6. The Morgan fingerprint density at radius 1 is 1.16 bits per heavy atom. The maximum absolute atomic E-state index is 12.6. The lowest BCUT2D eigenvalue weighted by molar-refractivity contribution is 0.102. The number of likely N-dealkylation sites (tertiary alicyclic amines) is 1. The molecule has 128 valence electrons. The van der Waals surface area contributed by atoms with E-state index in [1.165, 1.54) is 31.5 Å². The van der Waals surface area contributed by atoms with Gasteiger partial charge in [-0.1, -0.05) is 12.1 Å². The molecule has 5 heteroatoms. The number of fused-ring (bicyclic) bond motifs is 1. The normalized spacial score (nSPS) is 14.9. The van der Waals surface area contributed by atoms with Gasteiger partial charge in [-0.25, -0.2) is 4.98 Å². The molecular formula is C20H22N4O. The van der Waals surface area contributed by atoms with E-state index in [2.05, 4.69) is 27.3 Å². The summed E-state index contributed by atoms with van der Waals surface area (Å²) in [6.07, 6.45) is 4.33. The lowest BCUT2D eigenvalue weighted by Gasteiger charge is -2.15. The smallest absolute Gasteiger partial charge is 0.255 e. The Bertz CT molecular complexity index is 909. The summed E-state index contributed by atoms with van der Waals surface area (Å²) >= 11 is 0. The summed E-state index contributed by atoms with van der Waals surface area (Å²) in [6, 6.07) is 13.7. The first-order valence-corrected chi connectivity index (χ1v) is 8.73. The number of aryl methyl sites for hydroxylation is 1. The van der Waals surface area contributed by atoms with Crippen molar-refractivity contribution in [3.8, 4) is 0 Å². The number of carbonyl (C=O) groups excluding carboxylic acids is 1. The molecule has 25 heavy (non-hydrogen) atoms. The molecule has 0 unspecified atom stereocenters. The summed E-state index contributed by atoms with van der Waals surface area (Å²) in [5.41, 5.74) is 4.54. The van der Waals surface area contributed by atoms with Crippen molar-refractivity contribution < 1.29 is 4.79 Å². The quantitative estimate of drug-likeness (QED) is 0.795. The van der Waals surface area contributed by atoms with Crippen LogP contribution in [0.5, 0.6) is 0 Å². The minimum absolute atomic E-state index is 0.106. The number of rotatable bonds is 4. The first-order valence-electron chi connectivity index (χ1n) is 8.73. The van der Waals surface area contributed by atoms with Gasteiger partial charge in [-0.15, -0.1) is 0 Å². The van der Waals surface area contributed by atoms with E-state index in [-0.39, 0.29) is 5.91 Å². The van der Waals surface area contributed by atoms with Gasteiger partial charge in [0, 0.05) is 24.8 Å². The average Bonchev–Trinajstić information content (AvgIpc) is 3.25. The van der Waals surface area contributed by atoms with Crippen molar-refractivity contribution in [3.05, 3.63) is 59.9 Å². The van der Waals surface area contributed by atoms with Crippen molar-refractivity contribution in [2.75, 3.05) is 18.4 Å². The van der Waals surface area contributed by atoms with Crippen LogP contribution in [0.2, 0.25) is 0 Å². The first-order chi connectivity index (χ1) is 12.2. The van der Waals surface area contributed by atoms with E-state index in [1.807, 2.05) is 41.9 Å². The van der Waals surface area contributed by atoms with Gasteiger partial charge in [-0.3, -0.25) is 9.69 Å². The number of amides is 1. The Balaban J connectivity index is 1.49.